The Balaban J connectivity index is 1.84. The third-order valence-electron chi connectivity index (χ3n) is 6.44. The van der Waals surface area contributed by atoms with Gasteiger partial charge in [-0.3, -0.25) is 9.59 Å². The van der Waals surface area contributed by atoms with Gasteiger partial charge < -0.3 is 15.1 Å². The number of hydrogen-bond acceptors (Lipinski definition) is 3. The molecule has 5 nitrogen and oxygen atoms in total. The van der Waals surface area contributed by atoms with Crippen LogP contribution in [0.25, 0.3) is 0 Å². The number of benzene rings is 2. The number of carboxylic acids is 1. The van der Waals surface area contributed by atoms with Crippen LogP contribution in [0.2, 0.25) is 10.0 Å². The van der Waals surface area contributed by atoms with Crippen LogP contribution in [0.1, 0.15) is 48.8 Å². The van der Waals surface area contributed by atoms with E-state index in [0.717, 1.165) is 24.0 Å². The number of carboxylic acid groups (broad SMARTS) is 1. The van der Waals surface area contributed by atoms with E-state index < -0.39 is 11.9 Å². The number of amides is 1. The molecule has 1 aliphatic carbocycles. The van der Waals surface area contributed by atoms with E-state index in [2.05, 4.69) is 0 Å². The maximum absolute atomic E-state index is 13.6. The number of piperidine rings is 1. The van der Waals surface area contributed by atoms with E-state index in [1.807, 2.05) is 30.3 Å². The van der Waals surface area contributed by atoms with E-state index >= 15 is 0 Å². The van der Waals surface area contributed by atoms with Crippen molar-refractivity contribution in [1.29, 1.82) is 0 Å². The Morgan fingerprint density at radius 2 is 1.77 bits per heavy atom. The van der Waals surface area contributed by atoms with Gasteiger partial charge in [0, 0.05) is 21.9 Å². The topological polar surface area (TPSA) is 77.8 Å². The van der Waals surface area contributed by atoms with Crippen LogP contribution in [0.4, 0.5) is 0 Å². The molecule has 2 aliphatic rings. The summed E-state index contributed by atoms with van der Waals surface area (Å²) in [6.07, 6.45) is 2.07. The number of likely N-dealkylation sites (tertiary alicyclic amines) is 1. The van der Waals surface area contributed by atoms with E-state index in [0.29, 0.717) is 16.5 Å². The second-order valence-electron chi connectivity index (χ2n) is 8.52. The minimum atomic E-state index is -1.000. The first-order chi connectivity index (χ1) is 14.9. The van der Waals surface area contributed by atoms with Crippen molar-refractivity contribution >= 4 is 35.1 Å². The van der Waals surface area contributed by atoms with Crippen molar-refractivity contribution in [3.8, 4) is 0 Å². The molecule has 0 aromatic heterocycles. The fourth-order valence-corrected chi connectivity index (χ4v) is 5.21. The van der Waals surface area contributed by atoms with Gasteiger partial charge in [0.1, 0.15) is 0 Å². The maximum atomic E-state index is 13.6. The highest BCUT2D eigenvalue weighted by Crippen LogP contribution is 2.50. The Morgan fingerprint density at radius 3 is 2.35 bits per heavy atom. The first-order valence-corrected chi connectivity index (χ1v) is 11.3. The van der Waals surface area contributed by atoms with Crippen molar-refractivity contribution in [2.24, 2.45) is 11.8 Å². The van der Waals surface area contributed by atoms with Crippen molar-refractivity contribution in [3.63, 3.8) is 0 Å². The van der Waals surface area contributed by atoms with Gasteiger partial charge in [-0.2, -0.15) is 0 Å². The van der Waals surface area contributed by atoms with Crippen LogP contribution in [-0.2, 0) is 9.59 Å². The summed E-state index contributed by atoms with van der Waals surface area (Å²) >= 11 is 12.4. The predicted octanol–water partition coefficient (Wildman–Crippen LogP) is 4.91. The number of rotatable bonds is 7. The Hall–Kier alpha value is -2.08. The van der Waals surface area contributed by atoms with Gasteiger partial charge in [0.2, 0.25) is 5.91 Å². The summed E-state index contributed by atoms with van der Waals surface area (Å²) in [6, 6.07) is 14.2. The molecule has 0 unspecified atom stereocenters. The highest BCUT2D eigenvalue weighted by Gasteiger charge is 2.49. The predicted molar refractivity (Wildman–Crippen MR) is 119 cm³/mol. The molecule has 0 bridgehead atoms. The van der Waals surface area contributed by atoms with Crippen LogP contribution in [0.5, 0.6) is 0 Å². The number of halogens is 2. The first-order valence-electron chi connectivity index (χ1n) is 10.5. The third kappa shape index (κ3) is 4.74. The minimum absolute atomic E-state index is 0.150. The second-order valence-corrected chi connectivity index (χ2v) is 9.39. The summed E-state index contributed by atoms with van der Waals surface area (Å²) in [7, 11) is 0. The smallest absolute Gasteiger partial charge is 0.304 e. The number of aliphatic carboxylic acids is 1. The van der Waals surface area contributed by atoms with Gasteiger partial charge in [0.05, 0.1) is 25.1 Å². The average Bonchev–Trinajstić information content (AvgIpc) is 3.57. The van der Waals surface area contributed by atoms with Gasteiger partial charge >= 0.3 is 5.97 Å². The standard InChI is InChI=1S/C24H25Cl2NO4/c25-18-8-6-15(7-9-18)23-20(16-2-1-3-19(26)10-16)11-17(12-22(29)30)24(31)27(23)21(13-28)14-4-5-14/h1-3,6-10,14,17,20-21,23,28H,4-5,11-13H2,(H,29,30)/t17-,20-,21-,23-/m1/s1. The van der Waals surface area contributed by atoms with Crippen molar-refractivity contribution in [2.45, 2.75) is 43.7 Å². The van der Waals surface area contributed by atoms with Gasteiger partial charge in [-0.05, 0) is 60.6 Å². The molecular weight excluding hydrogens is 437 g/mol. The average molecular weight is 462 g/mol. The molecule has 0 spiro atoms. The van der Waals surface area contributed by atoms with Crippen molar-refractivity contribution < 1.29 is 19.8 Å². The van der Waals surface area contributed by atoms with Crippen LogP contribution in [0.3, 0.4) is 0 Å². The number of hydrogen-bond donors (Lipinski definition) is 2. The molecule has 0 radical (unpaired) electrons. The lowest BCUT2D eigenvalue weighted by Crippen LogP contribution is -2.54. The molecule has 1 heterocycles. The van der Waals surface area contributed by atoms with E-state index in [1.54, 1.807) is 23.1 Å². The summed E-state index contributed by atoms with van der Waals surface area (Å²) in [5.41, 5.74) is 1.86. The molecule has 164 valence electrons. The SMILES string of the molecule is O=C(O)C[C@H]1C[C@H](c2cccc(Cl)c2)[C@@H](c2ccc(Cl)cc2)N([C@H](CO)C2CC2)C1=O. The van der Waals surface area contributed by atoms with Crippen LogP contribution < -0.4 is 0 Å². The fourth-order valence-electron chi connectivity index (χ4n) is 4.88. The van der Waals surface area contributed by atoms with Gasteiger partial charge in [-0.1, -0.05) is 47.5 Å². The van der Waals surface area contributed by atoms with E-state index in [4.69, 9.17) is 23.2 Å². The molecule has 31 heavy (non-hydrogen) atoms. The molecule has 2 aromatic carbocycles. The summed E-state index contributed by atoms with van der Waals surface area (Å²) in [5, 5.41) is 20.9. The zero-order valence-electron chi connectivity index (χ0n) is 17.0. The quantitative estimate of drug-likeness (QED) is 0.613. The number of aliphatic hydroxyl groups excluding tert-OH is 1. The molecule has 4 rings (SSSR count). The molecule has 4 atom stereocenters. The van der Waals surface area contributed by atoms with E-state index in [1.165, 1.54) is 0 Å². The fraction of sp³-hybridized carbons (Fsp3) is 0.417. The molecule has 1 aliphatic heterocycles. The van der Waals surface area contributed by atoms with Crippen molar-refractivity contribution in [3.05, 3.63) is 69.7 Å². The Bertz CT molecular complexity index is 960. The molecule has 7 heteroatoms. The largest absolute Gasteiger partial charge is 0.481 e. The summed E-state index contributed by atoms with van der Waals surface area (Å²) < 4.78 is 0. The van der Waals surface area contributed by atoms with Gasteiger partial charge in [-0.15, -0.1) is 0 Å². The summed E-state index contributed by atoms with van der Waals surface area (Å²) in [6.45, 7) is -0.150. The lowest BCUT2D eigenvalue weighted by atomic mass is 9.74. The lowest BCUT2D eigenvalue weighted by molar-refractivity contribution is -0.153. The summed E-state index contributed by atoms with van der Waals surface area (Å²) in [4.78, 5) is 26.9. The Morgan fingerprint density at radius 1 is 1.06 bits per heavy atom. The maximum Gasteiger partial charge on any atom is 0.304 e. The van der Waals surface area contributed by atoms with Crippen LogP contribution in [0.15, 0.2) is 48.5 Å². The molecule has 1 saturated heterocycles. The second kappa shape index (κ2) is 9.19. The number of aliphatic hydroxyl groups is 1. The normalized spacial score (nSPS) is 24.8. The van der Waals surface area contributed by atoms with Crippen LogP contribution in [0, 0.1) is 11.8 Å². The van der Waals surface area contributed by atoms with Crippen LogP contribution >= 0.6 is 23.2 Å². The lowest BCUT2D eigenvalue weighted by Gasteiger charge is -2.48. The summed E-state index contributed by atoms with van der Waals surface area (Å²) in [5.74, 6) is -1.79. The third-order valence-corrected chi connectivity index (χ3v) is 6.93. The number of carbonyl (C=O) groups is 2. The molecule has 2 N–H and O–H groups in total. The molecule has 2 aromatic rings. The van der Waals surface area contributed by atoms with E-state index in [9.17, 15) is 19.8 Å². The highest BCUT2D eigenvalue weighted by atomic mass is 35.5. The highest BCUT2D eigenvalue weighted by molar-refractivity contribution is 6.30. The first kappa shape index (κ1) is 22.1. The van der Waals surface area contributed by atoms with Gasteiger partial charge in [-0.25, -0.2) is 0 Å². The molecule has 1 saturated carbocycles. The van der Waals surface area contributed by atoms with Crippen molar-refractivity contribution in [1.82, 2.24) is 4.90 Å². The zero-order valence-corrected chi connectivity index (χ0v) is 18.5. The number of carbonyl (C=O) groups excluding carboxylic acids is 1. The van der Waals surface area contributed by atoms with Gasteiger partial charge in [0.15, 0.2) is 0 Å². The zero-order chi connectivity index (χ0) is 22.1. The molecular formula is C24H25Cl2NO4. The Labute approximate surface area is 191 Å². The van der Waals surface area contributed by atoms with E-state index in [-0.39, 0.29) is 42.9 Å². The van der Waals surface area contributed by atoms with Crippen molar-refractivity contribution in [2.75, 3.05) is 6.61 Å². The monoisotopic (exact) mass is 461 g/mol. The Kier molecular flexibility index (Phi) is 6.56. The molecule has 1 amide bonds. The molecule has 2 fully saturated rings. The van der Waals surface area contributed by atoms with Crippen LogP contribution in [-0.4, -0.2) is 39.6 Å². The van der Waals surface area contributed by atoms with Gasteiger partial charge in [0.25, 0.3) is 0 Å². The minimum Gasteiger partial charge on any atom is -0.481 e. The number of nitrogens with zero attached hydrogens (tertiary/aromatic N) is 1.